The second-order valence-corrected chi connectivity index (χ2v) is 11.9. The lowest BCUT2D eigenvalue weighted by Crippen LogP contribution is -2.35. The molecule has 0 unspecified atom stereocenters. The van der Waals surface area contributed by atoms with Gasteiger partial charge in [-0.05, 0) is 30.7 Å². The van der Waals surface area contributed by atoms with Crippen molar-refractivity contribution in [2.75, 3.05) is 6.61 Å². The maximum Gasteiger partial charge on any atom is 0.254 e. The number of ether oxygens (including phenoxy) is 1. The minimum absolute atomic E-state index is 0.00613. The molecule has 0 atom stereocenters. The van der Waals surface area contributed by atoms with Crippen LogP contribution in [0.5, 0.6) is 5.75 Å². The van der Waals surface area contributed by atoms with E-state index in [1.807, 2.05) is 53.4 Å². The van der Waals surface area contributed by atoms with Crippen LogP contribution in [0.3, 0.4) is 0 Å². The van der Waals surface area contributed by atoms with Crippen molar-refractivity contribution in [3.05, 3.63) is 94.8 Å². The lowest BCUT2D eigenvalue weighted by Gasteiger charge is -2.24. The monoisotopic (exact) mass is 591 g/mol. The van der Waals surface area contributed by atoms with Crippen molar-refractivity contribution >= 4 is 17.5 Å². The third-order valence-corrected chi connectivity index (χ3v) is 8.03. The van der Waals surface area contributed by atoms with Crippen LogP contribution in [0, 0.1) is 0 Å². The highest BCUT2D eigenvalue weighted by molar-refractivity contribution is 6.32. The zero-order valence-electron chi connectivity index (χ0n) is 26.0. The van der Waals surface area contributed by atoms with E-state index in [1.165, 1.54) is 70.6 Å². The Hall–Kier alpha value is -2.85. The number of rotatable bonds is 21. The van der Waals surface area contributed by atoms with E-state index in [1.54, 1.807) is 0 Å². The highest BCUT2D eigenvalue weighted by Crippen LogP contribution is 2.31. The molecule has 0 aliphatic carbocycles. The molecule has 42 heavy (non-hydrogen) atoms. The first-order valence-electron chi connectivity index (χ1n) is 16.3. The summed E-state index contributed by atoms with van der Waals surface area (Å²) in [5.74, 6) is 0.690. The third kappa shape index (κ3) is 12.2. The van der Waals surface area contributed by atoms with Gasteiger partial charge in [0.25, 0.3) is 5.91 Å². The summed E-state index contributed by atoms with van der Waals surface area (Å²) in [7, 11) is 0. The van der Waals surface area contributed by atoms with Gasteiger partial charge >= 0.3 is 0 Å². The van der Waals surface area contributed by atoms with Crippen LogP contribution in [0.25, 0.3) is 0 Å². The van der Waals surface area contributed by atoms with Crippen LogP contribution in [0.2, 0.25) is 5.02 Å². The van der Waals surface area contributed by atoms with E-state index in [4.69, 9.17) is 16.3 Å². The zero-order valence-corrected chi connectivity index (χ0v) is 26.8. The fraction of sp³-hybridized carbons (Fsp3) is 0.514. The number of pyridine rings is 1. The van der Waals surface area contributed by atoms with Gasteiger partial charge in [-0.15, -0.1) is 0 Å². The summed E-state index contributed by atoms with van der Waals surface area (Å²) in [5, 5.41) is 0.596. The molecule has 0 N–H and O–H groups in total. The maximum atomic E-state index is 13.7. The van der Waals surface area contributed by atoms with Gasteiger partial charge in [-0.1, -0.05) is 126 Å². The predicted octanol–water partition coefficient (Wildman–Crippen LogP) is 9.96. The van der Waals surface area contributed by atoms with Crippen LogP contribution in [-0.4, -0.2) is 17.4 Å². The topological polar surface area (TPSA) is 33.4 Å². The number of aromatic nitrogens is 1. The number of nitrogens with zero attached hydrogens (tertiary/aromatic N) is 2. The second-order valence-electron chi connectivity index (χ2n) is 11.4. The second kappa shape index (κ2) is 20.1. The summed E-state index contributed by atoms with van der Waals surface area (Å²) in [6, 6.07) is 19.5. The molecular formula is C37H52ClN2O2+. The van der Waals surface area contributed by atoms with Crippen molar-refractivity contribution in [3.8, 4) is 5.75 Å². The number of benzene rings is 2. The molecule has 1 amide bonds. The number of hydrogen-bond acceptors (Lipinski definition) is 2. The average molecular weight is 592 g/mol. The van der Waals surface area contributed by atoms with E-state index in [-0.39, 0.29) is 5.91 Å². The van der Waals surface area contributed by atoms with Crippen LogP contribution in [-0.2, 0) is 19.6 Å². The summed E-state index contributed by atoms with van der Waals surface area (Å²) < 4.78 is 8.46. The Balaban J connectivity index is 1.55. The van der Waals surface area contributed by atoms with Gasteiger partial charge in [0, 0.05) is 29.2 Å². The van der Waals surface area contributed by atoms with Crippen LogP contribution < -0.4 is 9.30 Å². The molecular weight excluding hydrogens is 540 g/mol. The third-order valence-electron chi connectivity index (χ3n) is 7.74. The fourth-order valence-corrected chi connectivity index (χ4v) is 5.66. The molecule has 1 heterocycles. The molecule has 3 aromatic rings. The molecule has 3 rings (SSSR count). The first-order valence-corrected chi connectivity index (χ1v) is 16.7. The molecule has 4 nitrogen and oxygen atoms in total. The number of amides is 1. The van der Waals surface area contributed by atoms with Gasteiger partial charge in [-0.2, -0.15) is 0 Å². The molecule has 0 spiro atoms. The quantitative estimate of drug-likeness (QED) is 0.0912. The number of carbonyl (C=O) groups is 1. The van der Waals surface area contributed by atoms with Crippen molar-refractivity contribution in [1.82, 2.24) is 4.90 Å². The van der Waals surface area contributed by atoms with Crippen LogP contribution >= 0.6 is 11.6 Å². The number of hydrogen-bond donors (Lipinski definition) is 0. The Kier molecular flexibility index (Phi) is 16.1. The van der Waals surface area contributed by atoms with Crippen molar-refractivity contribution in [2.24, 2.45) is 0 Å². The summed E-state index contributed by atoms with van der Waals surface area (Å²) in [6.45, 7) is 6.95. The minimum atomic E-state index is -0.00613. The Morgan fingerprint density at radius 2 is 1.40 bits per heavy atom. The van der Waals surface area contributed by atoms with E-state index in [0.717, 1.165) is 30.5 Å². The lowest BCUT2D eigenvalue weighted by atomic mass is 10.1. The summed E-state index contributed by atoms with van der Waals surface area (Å²) >= 11 is 6.64. The Labute approximate surface area is 260 Å². The molecule has 0 aliphatic rings. The minimum Gasteiger partial charge on any atom is -0.492 e. The fourth-order valence-electron chi connectivity index (χ4n) is 5.41. The van der Waals surface area contributed by atoms with Crippen molar-refractivity contribution in [3.63, 3.8) is 0 Å². The Bertz CT molecular complexity index is 1170. The number of halogens is 1. The Morgan fingerprint density at radius 3 is 2.07 bits per heavy atom. The molecule has 0 aliphatic heterocycles. The number of unbranched alkanes of at least 4 members (excludes halogenated alkanes) is 11. The van der Waals surface area contributed by atoms with E-state index in [9.17, 15) is 4.79 Å². The number of carbonyl (C=O) groups excluding carboxylic acids is 1. The van der Waals surface area contributed by atoms with Gasteiger partial charge in [0.05, 0.1) is 24.7 Å². The maximum absolute atomic E-state index is 13.7. The highest BCUT2D eigenvalue weighted by atomic mass is 35.5. The van der Waals surface area contributed by atoms with E-state index < -0.39 is 0 Å². The molecule has 0 fully saturated rings. The van der Waals surface area contributed by atoms with Crippen LogP contribution in [0.1, 0.15) is 119 Å². The first-order chi connectivity index (χ1) is 20.6. The van der Waals surface area contributed by atoms with E-state index in [0.29, 0.717) is 36.0 Å². The highest BCUT2D eigenvalue weighted by Gasteiger charge is 2.20. The number of para-hydroxylation sites is 1. The van der Waals surface area contributed by atoms with E-state index in [2.05, 4.69) is 42.9 Å². The lowest BCUT2D eigenvalue weighted by molar-refractivity contribution is -0.697. The molecule has 1 aromatic heterocycles. The smallest absolute Gasteiger partial charge is 0.254 e. The van der Waals surface area contributed by atoms with Gasteiger partial charge < -0.3 is 9.64 Å². The molecule has 5 heteroatoms. The van der Waals surface area contributed by atoms with Gasteiger partial charge in [-0.25, -0.2) is 4.57 Å². The van der Waals surface area contributed by atoms with Gasteiger partial charge in [0.15, 0.2) is 12.4 Å². The standard InChI is InChI=1S/C37H52ClN2O2/c1-3-5-6-7-8-9-10-11-12-13-14-18-28-42-36-34(24-19-25-35(36)38)31-40(37(41)33-22-16-15-17-23-33)30-32-21-20-27-39(29-32)26-4-2/h15-17,19-25,27,29H,3-14,18,26,28,30-31H2,1-2H3/q+1. The van der Waals surface area contributed by atoms with Gasteiger partial charge in [0.1, 0.15) is 12.3 Å². The Morgan fingerprint density at radius 1 is 0.738 bits per heavy atom. The molecule has 0 saturated heterocycles. The SMILES string of the molecule is CCCCCCCCCCCCCCOc1c(Cl)cccc1CN(Cc1ccc[n+](CCC)c1)C(=O)c1ccccc1. The van der Waals surface area contributed by atoms with Crippen LogP contribution in [0.15, 0.2) is 73.1 Å². The molecule has 228 valence electrons. The molecule has 0 saturated carbocycles. The largest absolute Gasteiger partial charge is 0.492 e. The molecule has 0 bridgehead atoms. The average Bonchev–Trinajstić information content (AvgIpc) is 3.00. The van der Waals surface area contributed by atoms with Crippen LogP contribution in [0.4, 0.5) is 0 Å². The summed E-state index contributed by atoms with van der Waals surface area (Å²) in [5.41, 5.74) is 2.70. The van der Waals surface area contributed by atoms with Crippen molar-refractivity contribution < 1.29 is 14.1 Å². The van der Waals surface area contributed by atoms with Crippen molar-refractivity contribution in [2.45, 2.75) is 117 Å². The molecule has 0 radical (unpaired) electrons. The normalized spacial score (nSPS) is 11.0. The van der Waals surface area contributed by atoms with Crippen molar-refractivity contribution in [1.29, 1.82) is 0 Å². The van der Waals surface area contributed by atoms with Gasteiger partial charge in [0.2, 0.25) is 0 Å². The zero-order chi connectivity index (χ0) is 29.8. The summed E-state index contributed by atoms with van der Waals surface area (Å²) in [6.07, 6.45) is 21.0. The molecule has 2 aromatic carbocycles. The number of aryl methyl sites for hydroxylation is 1. The first kappa shape index (κ1) is 33.6. The summed E-state index contributed by atoms with van der Waals surface area (Å²) in [4.78, 5) is 15.6. The van der Waals surface area contributed by atoms with E-state index >= 15 is 0 Å². The van der Waals surface area contributed by atoms with Gasteiger partial charge in [-0.3, -0.25) is 4.79 Å². The predicted molar refractivity (Wildman–Crippen MR) is 175 cm³/mol.